The fourth-order valence-electron chi connectivity index (χ4n) is 3.00. The average Bonchev–Trinajstić information content (AvgIpc) is 2.78. The van der Waals surface area contributed by atoms with Crippen LogP contribution in [0.3, 0.4) is 0 Å². The van der Waals surface area contributed by atoms with E-state index in [2.05, 4.69) is 9.82 Å². The van der Waals surface area contributed by atoms with Crippen LogP contribution in [0.5, 0.6) is 5.75 Å². The molecule has 10 heteroatoms. The van der Waals surface area contributed by atoms with Gasteiger partial charge in [-0.3, -0.25) is 9.32 Å². The number of rotatable bonds is 11. The number of hydrogen-bond donors (Lipinski definition) is 2. The molecule has 0 spiro atoms. The predicted molar refractivity (Wildman–Crippen MR) is 112 cm³/mol. The average molecular weight is 457 g/mol. The highest BCUT2D eigenvalue weighted by Gasteiger charge is 2.43. The van der Waals surface area contributed by atoms with Crippen LogP contribution >= 0.6 is 7.75 Å². The minimum absolute atomic E-state index is 0.158. The van der Waals surface area contributed by atoms with Crippen LogP contribution in [0.1, 0.15) is 39.0 Å². The number of methoxy groups -OCH3 is 1. The second kappa shape index (κ2) is 11.6. The first-order chi connectivity index (χ1) is 14.7. The quantitative estimate of drug-likeness (QED) is 0.296. The number of esters is 1. The fraction of sp³-hybridized carbons (Fsp3) is 0.571. The van der Waals surface area contributed by atoms with Crippen LogP contribution in [0.4, 0.5) is 4.39 Å². The van der Waals surface area contributed by atoms with E-state index in [0.29, 0.717) is 0 Å². The summed E-state index contributed by atoms with van der Waals surface area (Å²) in [6.07, 6.45) is 7.48. The third-order valence-corrected chi connectivity index (χ3v) is 6.47. The largest absolute Gasteiger partial charge is 0.461 e. The van der Waals surface area contributed by atoms with Crippen LogP contribution in [0.25, 0.3) is 0 Å². The lowest BCUT2D eigenvalue weighted by molar-refractivity contribution is -0.191. The topological polar surface area (TPSA) is 103 Å². The lowest BCUT2D eigenvalue weighted by Gasteiger charge is -2.29. The Balaban J connectivity index is 2.12. The molecule has 31 heavy (non-hydrogen) atoms. The van der Waals surface area contributed by atoms with Crippen molar-refractivity contribution < 1.29 is 37.4 Å². The van der Waals surface area contributed by atoms with Crippen molar-refractivity contribution in [2.45, 2.75) is 63.1 Å². The number of aliphatic hydroxyl groups excluding tert-OH is 1. The summed E-state index contributed by atoms with van der Waals surface area (Å²) in [5.41, 5.74) is 0. The van der Waals surface area contributed by atoms with Crippen molar-refractivity contribution in [2.75, 3.05) is 13.7 Å². The number of carbonyl (C=O) groups is 1. The summed E-state index contributed by atoms with van der Waals surface area (Å²) in [4.78, 5) is 12.5. The standard InChI is InChI=1S/C21H29FNO7P/c1-4-19(24)21(22,27-3)15-28-31(26,30-18-13-9-6-10-14-18)23-16(2)20(25)29-17-11-7-5-8-12-17/h1,6,9-10,13-14,16-17,19,24H,5,7-8,11-12,15H2,2-3H3,(H,23,26)/t16?,19-,21?,31?/m0/s1. The Labute approximate surface area is 182 Å². The Morgan fingerprint density at radius 3 is 2.58 bits per heavy atom. The molecule has 2 N–H and O–H groups in total. The van der Waals surface area contributed by atoms with E-state index in [4.69, 9.17) is 20.2 Å². The van der Waals surface area contributed by atoms with Gasteiger partial charge in [-0.15, -0.1) is 6.42 Å². The molecule has 0 amide bonds. The van der Waals surface area contributed by atoms with Crippen molar-refractivity contribution in [3.63, 3.8) is 0 Å². The number of terminal acetylenes is 1. The van der Waals surface area contributed by atoms with Crippen LogP contribution in [-0.4, -0.2) is 48.9 Å². The first-order valence-corrected chi connectivity index (χ1v) is 11.6. The van der Waals surface area contributed by atoms with Gasteiger partial charge in [0.2, 0.25) is 0 Å². The molecule has 0 bridgehead atoms. The smallest absolute Gasteiger partial charge is 0.459 e. The molecule has 0 aliphatic heterocycles. The third kappa shape index (κ3) is 7.60. The highest BCUT2D eigenvalue weighted by molar-refractivity contribution is 7.52. The summed E-state index contributed by atoms with van der Waals surface area (Å²) >= 11 is 0. The van der Waals surface area contributed by atoms with Gasteiger partial charge in [0, 0.05) is 7.11 Å². The normalized spacial score (nSPS) is 20.5. The molecule has 172 valence electrons. The molecule has 2 rings (SSSR count). The minimum atomic E-state index is -4.31. The van der Waals surface area contributed by atoms with Crippen molar-refractivity contribution in [1.82, 2.24) is 5.09 Å². The number of ether oxygens (including phenoxy) is 2. The Morgan fingerprint density at radius 1 is 1.35 bits per heavy atom. The first kappa shape index (κ1) is 25.3. The van der Waals surface area contributed by atoms with E-state index in [-0.39, 0.29) is 11.9 Å². The van der Waals surface area contributed by atoms with Crippen molar-refractivity contribution in [1.29, 1.82) is 0 Å². The van der Waals surface area contributed by atoms with Gasteiger partial charge < -0.3 is 19.1 Å². The van der Waals surface area contributed by atoms with Gasteiger partial charge >= 0.3 is 13.7 Å². The van der Waals surface area contributed by atoms with Crippen molar-refractivity contribution in [3.8, 4) is 18.1 Å². The Kier molecular flexibility index (Phi) is 9.48. The molecule has 0 radical (unpaired) electrons. The molecule has 4 atom stereocenters. The monoisotopic (exact) mass is 457 g/mol. The third-order valence-electron chi connectivity index (χ3n) is 4.85. The van der Waals surface area contributed by atoms with E-state index < -0.39 is 38.3 Å². The molecule has 8 nitrogen and oxygen atoms in total. The van der Waals surface area contributed by atoms with Crippen LogP contribution in [0.2, 0.25) is 0 Å². The lowest BCUT2D eigenvalue weighted by atomic mass is 9.98. The van der Waals surface area contributed by atoms with Gasteiger partial charge in [-0.25, -0.2) is 8.96 Å². The minimum Gasteiger partial charge on any atom is -0.461 e. The summed E-state index contributed by atoms with van der Waals surface area (Å²) in [7, 11) is -3.34. The molecular weight excluding hydrogens is 428 g/mol. The van der Waals surface area contributed by atoms with E-state index in [1.807, 2.05) is 0 Å². The second-order valence-corrected chi connectivity index (χ2v) is 8.98. The summed E-state index contributed by atoms with van der Waals surface area (Å²) in [6.45, 7) is 0.418. The Hall–Kier alpha value is -1.95. The van der Waals surface area contributed by atoms with E-state index in [0.717, 1.165) is 39.2 Å². The summed E-state index contributed by atoms with van der Waals surface area (Å²) in [6, 6.07) is 6.94. The second-order valence-electron chi connectivity index (χ2n) is 7.28. The maximum Gasteiger partial charge on any atom is 0.459 e. The molecule has 1 aliphatic carbocycles. The number of nitrogens with one attached hydrogen (secondary N) is 1. The zero-order valence-electron chi connectivity index (χ0n) is 17.7. The number of halogens is 1. The molecule has 1 aliphatic rings. The number of hydrogen-bond acceptors (Lipinski definition) is 7. The van der Waals surface area contributed by atoms with Crippen LogP contribution in [0, 0.1) is 12.3 Å². The number of alkyl halides is 1. The molecule has 1 aromatic carbocycles. The van der Waals surface area contributed by atoms with Crippen LogP contribution in [-0.2, 0) is 23.4 Å². The molecule has 1 fully saturated rings. The Morgan fingerprint density at radius 2 is 2.00 bits per heavy atom. The highest BCUT2D eigenvalue weighted by atomic mass is 31.2. The van der Waals surface area contributed by atoms with Crippen LogP contribution < -0.4 is 9.61 Å². The zero-order valence-corrected chi connectivity index (χ0v) is 18.6. The Bertz CT molecular complexity index is 797. The van der Waals surface area contributed by atoms with Gasteiger partial charge in [0.1, 0.15) is 24.5 Å². The summed E-state index contributed by atoms with van der Waals surface area (Å²) in [5, 5.41) is 12.1. The summed E-state index contributed by atoms with van der Waals surface area (Å²) < 4.78 is 48.8. The molecule has 1 saturated carbocycles. The molecule has 0 aromatic heterocycles. The van der Waals surface area contributed by atoms with Gasteiger partial charge in [0.05, 0.1) is 0 Å². The number of para-hydroxylation sites is 1. The number of carbonyl (C=O) groups excluding carboxylic acids is 1. The van der Waals surface area contributed by atoms with Gasteiger partial charge in [0.15, 0.2) is 6.10 Å². The van der Waals surface area contributed by atoms with Crippen molar-refractivity contribution in [3.05, 3.63) is 30.3 Å². The molecular formula is C21H29FNO7P. The zero-order chi connectivity index (χ0) is 22.9. The molecule has 0 saturated heterocycles. The van der Waals surface area contributed by atoms with E-state index in [1.54, 1.807) is 24.1 Å². The predicted octanol–water partition coefficient (Wildman–Crippen LogP) is 3.35. The van der Waals surface area contributed by atoms with Crippen molar-refractivity contribution in [2.24, 2.45) is 0 Å². The number of benzene rings is 1. The lowest BCUT2D eigenvalue weighted by Crippen LogP contribution is -2.44. The maximum atomic E-state index is 14.8. The van der Waals surface area contributed by atoms with Gasteiger partial charge in [-0.2, -0.15) is 5.09 Å². The fourth-order valence-corrected chi connectivity index (χ4v) is 4.50. The maximum absolute atomic E-state index is 14.8. The van der Waals surface area contributed by atoms with Crippen LogP contribution in [0.15, 0.2) is 30.3 Å². The number of aliphatic hydroxyl groups is 1. The van der Waals surface area contributed by atoms with Gasteiger partial charge in [0.25, 0.3) is 5.85 Å². The van der Waals surface area contributed by atoms with E-state index >= 15 is 0 Å². The molecule has 0 heterocycles. The summed E-state index contributed by atoms with van der Waals surface area (Å²) in [5.74, 6) is -1.51. The molecule has 3 unspecified atom stereocenters. The SMILES string of the molecule is C#C[C@H](O)C(F)(COP(=O)(NC(C)C(=O)OC1CCCCC1)Oc1ccccc1)OC. The molecule has 1 aromatic rings. The van der Waals surface area contributed by atoms with E-state index in [1.165, 1.54) is 19.1 Å². The van der Waals surface area contributed by atoms with Gasteiger partial charge in [-0.05, 0) is 44.7 Å². The highest BCUT2D eigenvalue weighted by Crippen LogP contribution is 2.46. The van der Waals surface area contributed by atoms with E-state index in [9.17, 15) is 18.9 Å². The first-order valence-electron chi connectivity index (χ1n) is 10.1. The van der Waals surface area contributed by atoms with Gasteiger partial charge in [-0.1, -0.05) is 30.5 Å². The van der Waals surface area contributed by atoms with Crippen molar-refractivity contribution >= 4 is 13.7 Å².